The summed E-state index contributed by atoms with van der Waals surface area (Å²) in [5.41, 5.74) is -1.64. The number of carbonyl (C=O) groups excluding carboxylic acids is 4. The lowest BCUT2D eigenvalue weighted by molar-refractivity contribution is -0.206. The Morgan fingerprint density at radius 3 is 2.49 bits per heavy atom. The maximum absolute atomic E-state index is 13.8. The molecule has 1 N–H and O–H groups in total. The van der Waals surface area contributed by atoms with E-state index in [1.165, 1.54) is 0 Å². The van der Waals surface area contributed by atoms with Crippen LogP contribution in [0.5, 0.6) is 0 Å². The molecule has 0 aliphatic heterocycles. The quantitative estimate of drug-likeness (QED) is 0.570. The summed E-state index contributed by atoms with van der Waals surface area (Å²) in [6.45, 7) is 8.90. The van der Waals surface area contributed by atoms with E-state index in [1.807, 2.05) is 19.9 Å². The maximum atomic E-state index is 13.8. The molecule has 0 unspecified atom stereocenters. The third-order valence-corrected chi connectivity index (χ3v) is 9.67. The minimum absolute atomic E-state index is 0.0155. The van der Waals surface area contributed by atoms with Crippen LogP contribution < -0.4 is 0 Å². The molecule has 0 aromatic heterocycles. The van der Waals surface area contributed by atoms with E-state index in [0.29, 0.717) is 6.42 Å². The average Bonchev–Trinajstić information content (AvgIpc) is 3.04. The molecular formula is C28H38O7. The van der Waals surface area contributed by atoms with Crippen LogP contribution >= 0.6 is 0 Å². The van der Waals surface area contributed by atoms with Gasteiger partial charge >= 0.3 is 11.9 Å². The molecule has 0 aromatic carbocycles. The molecule has 3 saturated carbocycles. The minimum atomic E-state index is -1.47. The molecule has 7 nitrogen and oxygen atoms in total. The molecule has 0 saturated heterocycles. The number of rotatable bonds is 6. The van der Waals surface area contributed by atoms with Crippen molar-refractivity contribution >= 4 is 23.5 Å². The molecule has 192 valence electrons. The van der Waals surface area contributed by atoms with Gasteiger partial charge in [-0.2, -0.15) is 0 Å². The largest absolute Gasteiger partial charge is 0.457 e. The first-order valence-electron chi connectivity index (χ1n) is 13.0. The van der Waals surface area contributed by atoms with Crippen molar-refractivity contribution in [2.75, 3.05) is 6.61 Å². The van der Waals surface area contributed by atoms with Gasteiger partial charge in [0.1, 0.15) is 0 Å². The Labute approximate surface area is 207 Å². The third-order valence-electron chi connectivity index (χ3n) is 9.67. The molecule has 3 fully saturated rings. The van der Waals surface area contributed by atoms with E-state index in [1.54, 1.807) is 26.0 Å². The van der Waals surface area contributed by atoms with Crippen LogP contribution in [-0.4, -0.2) is 46.9 Å². The normalized spacial score (nSPS) is 41.8. The minimum Gasteiger partial charge on any atom is -0.457 e. The van der Waals surface area contributed by atoms with Gasteiger partial charge in [0, 0.05) is 35.5 Å². The third kappa shape index (κ3) is 3.73. The Bertz CT molecular complexity index is 995. The van der Waals surface area contributed by atoms with E-state index in [0.717, 1.165) is 18.4 Å². The summed E-state index contributed by atoms with van der Waals surface area (Å²) >= 11 is 0. The van der Waals surface area contributed by atoms with E-state index in [-0.39, 0.29) is 48.7 Å². The van der Waals surface area contributed by atoms with Gasteiger partial charge in [0.2, 0.25) is 5.78 Å². The Morgan fingerprint density at radius 2 is 1.83 bits per heavy atom. The number of aliphatic hydroxyl groups is 1. The predicted molar refractivity (Wildman–Crippen MR) is 128 cm³/mol. The maximum Gasteiger partial charge on any atom is 0.306 e. The van der Waals surface area contributed by atoms with Gasteiger partial charge in [-0.3, -0.25) is 19.2 Å². The van der Waals surface area contributed by atoms with Crippen molar-refractivity contribution in [3.63, 3.8) is 0 Å². The summed E-state index contributed by atoms with van der Waals surface area (Å²) in [4.78, 5) is 50.4. The fraction of sp³-hybridized carbons (Fsp3) is 0.714. The van der Waals surface area contributed by atoms with Crippen molar-refractivity contribution < 1.29 is 33.8 Å². The molecule has 0 bridgehead atoms. The zero-order valence-corrected chi connectivity index (χ0v) is 21.5. The summed E-state index contributed by atoms with van der Waals surface area (Å²) < 4.78 is 11.3. The molecule has 7 heteroatoms. The van der Waals surface area contributed by atoms with Crippen LogP contribution in [0.1, 0.15) is 73.1 Å². The molecule has 8 atom stereocenters. The van der Waals surface area contributed by atoms with E-state index in [9.17, 15) is 24.3 Å². The van der Waals surface area contributed by atoms with Gasteiger partial charge in [-0.15, -0.1) is 0 Å². The monoisotopic (exact) mass is 486 g/mol. The number of hydrogen-bond donors (Lipinski definition) is 1. The lowest BCUT2D eigenvalue weighted by Gasteiger charge is -2.60. The van der Waals surface area contributed by atoms with Crippen LogP contribution in [0.2, 0.25) is 0 Å². The Balaban J connectivity index is 1.76. The highest BCUT2D eigenvalue weighted by molar-refractivity contribution is 6.01. The first-order chi connectivity index (χ1) is 16.4. The number of hydrogen-bond acceptors (Lipinski definition) is 7. The highest BCUT2D eigenvalue weighted by atomic mass is 16.6. The summed E-state index contributed by atoms with van der Waals surface area (Å²) in [5, 5.41) is 11.7. The van der Waals surface area contributed by atoms with E-state index in [4.69, 9.17) is 9.47 Å². The second-order valence-corrected chi connectivity index (χ2v) is 11.3. The van der Waals surface area contributed by atoms with Crippen LogP contribution in [0.4, 0.5) is 0 Å². The highest BCUT2D eigenvalue weighted by Crippen LogP contribution is 2.69. The molecule has 0 heterocycles. The number of allylic oxidation sites excluding steroid dienone is 4. The van der Waals surface area contributed by atoms with Crippen LogP contribution in [0, 0.1) is 34.5 Å². The van der Waals surface area contributed by atoms with E-state index < -0.39 is 46.9 Å². The van der Waals surface area contributed by atoms with Crippen molar-refractivity contribution in [1.29, 1.82) is 0 Å². The molecule has 0 amide bonds. The topological polar surface area (TPSA) is 107 Å². The molecule has 4 aliphatic carbocycles. The number of esters is 2. The number of Topliss-reactive ketones (excluding diaryl/α,β-unsaturated/α-hetero) is 1. The Hall–Kier alpha value is -2.28. The fourth-order valence-electron chi connectivity index (χ4n) is 8.12. The number of ketones is 2. The first-order valence-corrected chi connectivity index (χ1v) is 13.0. The first kappa shape index (κ1) is 25.8. The molecule has 0 spiro atoms. The van der Waals surface area contributed by atoms with Gasteiger partial charge in [0.05, 0.1) is 6.10 Å². The van der Waals surface area contributed by atoms with E-state index in [2.05, 4.69) is 6.92 Å². The zero-order valence-electron chi connectivity index (χ0n) is 21.5. The van der Waals surface area contributed by atoms with Gasteiger partial charge in [0.25, 0.3) is 0 Å². The van der Waals surface area contributed by atoms with Gasteiger partial charge < -0.3 is 14.6 Å². The molecule has 4 rings (SSSR count). The van der Waals surface area contributed by atoms with Crippen molar-refractivity contribution in [3.05, 3.63) is 23.8 Å². The van der Waals surface area contributed by atoms with Gasteiger partial charge in [-0.25, -0.2) is 0 Å². The number of fused-ring (bicyclic) bond motifs is 5. The summed E-state index contributed by atoms with van der Waals surface area (Å²) in [7, 11) is 0. The van der Waals surface area contributed by atoms with Gasteiger partial charge in [-0.05, 0) is 49.7 Å². The lowest BCUT2D eigenvalue weighted by Crippen LogP contribution is -2.64. The van der Waals surface area contributed by atoms with Crippen LogP contribution in [0.15, 0.2) is 23.8 Å². The molecule has 0 radical (unpaired) electrons. The second-order valence-electron chi connectivity index (χ2n) is 11.3. The van der Waals surface area contributed by atoms with Crippen molar-refractivity contribution in [2.45, 2.75) is 84.8 Å². The molecule has 35 heavy (non-hydrogen) atoms. The van der Waals surface area contributed by atoms with Crippen LogP contribution in [0.3, 0.4) is 0 Å². The van der Waals surface area contributed by atoms with Gasteiger partial charge in [-0.1, -0.05) is 46.3 Å². The number of carbonyl (C=O) groups is 4. The second kappa shape index (κ2) is 8.99. The summed E-state index contributed by atoms with van der Waals surface area (Å²) in [5.74, 6) is -1.63. The molecular weight excluding hydrogens is 448 g/mol. The predicted octanol–water partition coefficient (Wildman–Crippen LogP) is 3.73. The average molecular weight is 487 g/mol. The smallest absolute Gasteiger partial charge is 0.306 e. The fourth-order valence-corrected chi connectivity index (χ4v) is 8.12. The van der Waals surface area contributed by atoms with Crippen LogP contribution in [-0.2, 0) is 28.7 Å². The standard InChI is InChI=1S/C28H38O7/c1-6-23(32)34-15-22(31)28(35-24(33)7-2)16(3)12-20-19-9-8-17-13-18(29)10-11-26(17,4)25(19)21(30)14-27(20,28)5/h10-11,13,16,19-21,25,30H,6-9,12,14-15H2,1-5H3/t16-,19-,20-,21-,25+,26-,27-,28-/m0/s1. The molecule has 4 aliphatic rings. The highest BCUT2D eigenvalue weighted by Gasteiger charge is 2.72. The zero-order chi connectivity index (χ0) is 25.8. The van der Waals surface area contributed by atoms with Crippen molar-refractivity contribution in [1.82, 2.24) is 0 Å². The summed E-state index contributed by atoms with van der Waals surface area (Å²) in [6, 6.07) is 0. The lowest BCUT2D eigenvalue weighted by atomic mass is 9.46. The SMILES string of the molecule is CCC(=O)OCC(=O)[C@@]1(OC(=O)CC)[C@@H](C)C[C@H]2[C@@H]3CCC4=CC(=O)C=C[C@]4(C)[C@H]3[C@@H](O)C[C@@]21C. The molecule has 0 aromatic rings. The number of ether oxygens (including phenoxy) is 2. The Kier molecular flexibility index (Phi) is 6.62. The number of aliphatic hydroxyl groups excluding tert-OH is 1. The summed E-state index contributed by atoms with van der Waals surface area (Å²) in [6.07, 6.45) is 7.31. The van der Waals surface area contributed by atoms with Crippen molar-refractivity contribution in [3.8, 4) is 0 Å². The van der Waals surface area contributed by atoms with E-state index >= 15 is 0 Å². The van der Waals surface area contributed by atoms with Gasteiger partial charge in [0.15, 0.2) is 18.0 Å². The van der Waals surface area contributed by atoms with Crippen molar-refractivity contribution in [2.24, 2.45) is 34.5 Å². The Morgan fingerprint density at radius 1 is 1.14 bits per heavy atom. The van der Waals surface area contributed by atoms with Crippen LogP contribution in [0.25, 0.3) is 0 Å².